The van der Waals surface area contributed by atoms with E-state index in [1.165, 1.54) is 11.8 Å². The van der Waals surface area contributed by atoms with Crippen LogP contribution in [0.15, 0.2) is 59.6 Å². The normalized spacial score (nSPS) is 18.2. The summed E-state index contributed by atoms with van der Waals surface area (Å²) in [6.07, 6.45) is 1.37. The maximum Gasteiger partial charge on any atom is 0.262 e. The van der Waals surface area contributed by atoms with E-state index in [1.807, 2.05) is 18.2 Å². The summed E-state index contributed by atoms with van der Waals surface area (Å²) in [7, 11) is 0. The fraction of sp³-hybridized carbons (Fsp3) is 0.360. The Morgan fingerprint density at radius 2 is 1.83 bits per heavy atom. The van der Waals surface area contributed by atoms with Crippen molar-refractivity contribution in [2.75, 3.05) is 31.6 Å². The van der Waals surface area contributed by atoms with Gasteiger partial charge in [0.1, 0.15) is 23.7 Å². The minimum Gasteiger partial charge on any atom is -0.491 e. The predicted octanol–water partition coefficient (Wildman–Crippen LogP) is 2.28. The lowest BCUT2D eigenvalue weighted by atomic mass is 10.2. The van der Waals surface area contributed by atoms with Gasteiger partial charge >= 0.3 is 0 Å². The molecule has 1 saturated heterocycles. The highest BCUT2D eigenvalue weighted by molar-refractivity contribution is 8.15. The summed E-state index contributed by atoms with van der Waals surface area (Å²) in [6, 6.07) is 15.5. The van der Waals surface area contributed by atoms with Gasteiger partial charge in [-0.25, -0.2) is 0 Å². The molecule has 2 aliphatic rings. The van der Waals surface area contributed by atoms with Crippen LogP contribution >= 0.6 is 11.8 Å². The van der Waals surface area contributed by atoms with E-state index in [2.05, 4.69) is 20.5 Å². The fourth-order valence-electron chi connectivity index (χ4n) is 3.72. The molecule has 1 fully saturated rings. The lowest BCUT2D eigenvalue weighted by Gasteiger charge is -2.16. The Kier molecular flexibility index (Phi) is 8.38. The zero-order valence-electron chi connectivity index (χ0n) is 19.2. The van der Waals surface area contributed by atoms with Gasteiger partial charge in [-0.3, -0.25) is 14.4 Å². The molecule has 2 atom stereocenters. The summed E-state index contributed by atoms with van der Waals surface area (Å²) < 4.78 is 5.47. The number of nitrogens with zero attached hydrogens (tertiary/aromatic N) is 2. The molecule has 0 aliphatic carbocycles. The van der Waals surface area contributed by atoms with Crippen molar-refractivity contribution >= 4 is 40.3 Å². The quantitative estimate of drug-likeness (QED) is 0.487. The number of hydrogen-bond acceptors (Lipinski definition) is 7. The van der Waals surface area contributed by atoms with Crippen LogP contribution in [-0.4, -0.2) is 70.5 Å². The molecule has 2 aliphatic heterocycles. The van der Waals surface area contributed by atoms with E-state index in [-0.39, 0.29) is 37.3 Å². The molecule has 2 aromatic rings. The van der Waals surface area contributed by atoms with Gasteiger partial charge in [-0.1, -0.05) is 30.0 Å². The molecule has 0 radical (unpaired) electrons. The monoisotopic (exact) mass is 496 g/mol. The van der Waals surface area contributed by atoms with Crippen LogP contribution in [0.2, 0.25) is 0 Å². The second-order valence-electron chi connectivity index (χ2n) is 8.35. The zero-order chi connectivity index (χ0) is 24.6. The summed E-state index contributed by atoms with van der Waals surface area (Å²) in [6.45, 7) is 1.90. The van der Waals surface area contributed by atoms with Gasteiger partial charge in [-0.15, -0.1) is 0 Å². The number of aliphatic hydroxyl groups is 1. The maximum absolute atomic E-state index is 12.4. The third-order valence-electron chi connectivity index (χ3n) is 5.59. The molecule has 3 N–H and O–H groups in total. The zero-order valence-corrected chi connectivity index (χ0v) is 20.0. The molecule has 35 heavy (non-hydrogen) atoms. The molecular formula is C25H28N4O5S. The van der Waals surface area contributed by atoms with E-state index in [4.69, 9.17) is 4.74 Å². The van der Waals surface area contributed by atoms with Crippen molar-refractivity contribution in [1.29, 1.82) is 0 Å². The van der Waals surface area contributed by atoms with Crippen LogP contribution in [0.3, 0.4) is 0 Å². The highest BCUT2D eigenvalue weighted by Crippen LogP contribution is 2.29. The molecule has 2 unspecified atom stereocenters. The third-order valence-corrected chi connectivity index (χ3v) is 6.80. The summed E-state index contributed by atoms with van der Waals surface area (Å²) >= 11 is 1.35. The Labute approximate surface area is 207 Å². The number of ether oxygens (including phenoxy) is 1. The number of rotatable bonds is 9. The van der Waals surface area contributed by atoms with Gasteiger partial charge in [-0.2, -0.15) is 4.99 Å². The highest BCUT2D eigenvalue weighted by Gasteiger charge is 2.33. The van der Waals surface area contributed by atoms with Gasteiger partial charge in [0.25, 0.3) is 11.8 Å². The van der Waals surface area contributed by atoms with Gasteiger partial charge in [0, 0.05) is 37.3 Å². The van der Waals surface area contributed by atoms with E-state index in [9.17, 15) is 19.5 Å². The van der Waals surface area contributed by atoms with Gasteiger partial charge in [0.15, 0.2) is 5.17 Å². The number of carbonyl (C=O) groups excluding carboxylic acids is 3. The number of nitrogens with one attached hydrogen (secondary N) is 2. The molecular weight excluding hydrogens is 468 g/mol. The van der Waals surface area contributed by atoms with E-state index < -0.39 is 11.4 Å². The number of amidine groups is 1. The van der Waals surface area contributed by atoms with Crippen molar-refractivity contribution in [3.05, 3.63) is 60.2 Å². The van der Waals surface area contributed by atoms with Crippen molar-refractivity contribution < 1.29 is 24.2 Å². The number of anilines is 1. The fourth-order valence-corrected chi connectivity index (χ4v) is 4.84. The van der Waals surface area contributed by atoms with Crippen LogP contribution in [0.1, 0.15) is 29.6 Å². The number of para-hydroxylation sites is 1. The average molecular weight is 497 g/mol. The molecule has 9 nitrogen and oxygen atoms in total. The Hall–Kier alpha value is -3.37. The number of amides is 3. The minimum absolute atomic E-state index is 0.0372. The third kappa shape index (κ3) is 7.06. The Morgan fingerprint density at radius 1 is 1.11 bits per heavy atom. The Balaban J connectivity index is 1.18. The van der Waals surface area contributed by atoms with E-state index >= 15 is 0 Å². The molecule has 184 valence electrons. The topological polar surface area (TPSA) is 120 Å². The lowest BCUT2D eigenvalue weighted by Crippen LogP contribution is -2.35. The second-order valence-corrected chi connectivity index (χ2v) is 9.52. The summed E-state index contributed by atoms with van der Waals surface area (Å²) in [4.78, 5) is 43.2. The maximum atomic E-state index is 12.4. The number of benzene rings is 2. The smallest absolute Gasteiger partial charge is 0.262 e. The van der Waals surface area contributed by atoms with Crippen molar-refractivity contribution in [2.45, 2.75) is 30.6 Å². The van der Waals surface area contributed by atoms with Crippen LogP contribution in [0.4, 0.5) is 5.69 Å². The molecule has 0 spiro atoms. The first-order chi connectivity index (χ1) is 17.0. The number of likely N-dealkylation sites (tertiary alicyclic amines) is 1. The summed E-state index contributed by atoms with van der Waals surface area (Å²) in [5.74, 6) is -0.255. The molecule has 2 heterocycles. The number of hydrogen-bond donors (Lipinski definition) is 3. The standard InChI is InChI=1S/C25H28N4O5S/c30-19(16-34-20-6-2-1-3-7-20)15-26-23(32)17-8-10-18(11-9-17)27-22(31)14-21-24(33)28-25(35-21)29-12-4-5-13-29/h1-3,6-11,19,21,30H,4-5,12-16H2,(H,26,32)(H,27,31). The van der Waals surface area contributed by atoms with Crippen molar-refractivity contribution in [2.24, 2.45) is 4.99 Å². The molecule has 4 rings (SSSR count). The number of thioether (sulfide) groups is 1. The summed E-state index contributed by atoms with van der Waals surface area (Å²) in [5.41, 5.74) is 0.920. The van der Waals surface area contributed by atoms with Crippen LogP contribution in [0.5, 0.6) is 5.75 Å². The highest BCUT2D eigenvalue weighted by atomic mass is 32.2. The van der Waals surface area contributed by atoms with E-state index in [0.29, 0.717) is 17.0 Å². The second kappa shape index (κ2) is 11.9. The summed E-state index contributed by atoms with van der Waals surface area (Å²) in [5, 5.41) is 15.7. The first kappa shape index (κ1) is 24.7. The van der Waals surface area contributed by atoms with Crippen molar-refractivity contribution in [3.8, 4) is 5.75 Å². The number of aliphatic imine (C=N–C) groups is 1. The van der Waals surface area contributed by atoms with Gasteiger partial charge in [0.05, 0.1) is 0 Å². The lowest BCUT2D eigenvalue weighted by molar-refractivity contribution is -0.121. The first-order valence-corrected chi connectivity index (χ1v) is 12.4. The Morgan fingerprint density at radius 3 is 2.54 bits per heavy atom. The van der Waals surface area contributed by atoms with Crippen LogP contribution in [-0.2, 0) is 9.59 Å². The van der Waals surface area contributed by atoms with Crippen LogP contribution in [0.25, 0.3) is 0 Å². The van der Waals surface area contributed by atoms with E-state index in [1.54, 1.807) is 36.4 Å². The SMILES string of the molecule is O=C(CC1SC(N2CCCC2)=NC1=O)Nc1ccc(C(=O)NCC(O)COc2ccccc2)cc1. The van der Waals surface area contributed by atoms with E-state index in [0.717, 1.165) is 31.1 Å². The number of carbonyl (C=O) groups is 3. The Bertz CT molecular complexity index is 1070. The van der Waals surface area contributed by atoms with Crippen LogP contribution in [0, 0.1) is 0 Å². The molecule has 10 heteroatoms. The predicted molar refractivity (Wildman–Crippen MR) is 135 cm³/mol. The average Bonchev–Trinajstić information content (AvgIpc) is 3.52. The van der Waals surface area contributed by atoms with Gasteiger partial charge in [0.2, 0.25) is 5.91 Å². The van der Waals surface area contributed by atoms with Crippen LogP contribution < -0.4 is 15.4 Å². The number of aliphatic hydroxyl groups excluding tert-OH is 1. The molecule has 2 aromatic carbocycles. The minimum atomic E-state index is -0.858. The molecule has 3 amide bonds. The first-order valence-electron chi connectivity index (χ1n) is 11.6. The largest absolute Gasteiger partial charge is 0.491 e. The van der Waals surface area contributed by atoms with Gasteiger partial charge < -0.3 is 25.4 Å². The van der Waals surface area contributed by atoms with Gasteiger partial charge in [-0.05, 0) is 49.2 Å². The molecule has 0 saturated carbocycles. The van der Waals surface area contributed by atoms with Crippen molar-refractivity contribution in [1.82, 2.24) is 10.2 Å². The molecule has 0 bridgehead atoms. The van der Waals surface area contributed by atoms with Crippen molar-refractivity contribution in [3.63, 3.8) is 0 Å². The molecule has 0 aromatic heterocycles.